The Balaban J connectivity index is 1.83. The van der Waals surface area contributed by atoms with E-state index in [1.165, 1.54) is 22.9 Å². The number of methoxy groups -OCH3 is 2. The van der Waals surface area contributed by atoms with Gasteiger partial charge in [-0.05, 0) is 42.0 Å². The summed E-state index contributed by atoms with van der Waals surface area (Å²) in [4.78, 5) is 11.6. The van der Waals surface area contributed by atoms with E-state index in [4.69, 9.17) is 14.5 Å². The Bertz CT molecular complexity index is 1130. The molecule has 0 saturated carbocycles. The molecular weight excluding hydrogens is 396 g/mol. The first-order chi connectivity index (χ1) is 14.7. The molecule has 0 saturated heterocycles. The maximum Gasteiger partial charge on any atom is 0.189 e. The van der Waals surface area contributed by atoms with Crippen molar-refractivity contribution in [3.63, 3.8) is 0 Å². The zero-order valence-electron chi connectivity index (χ0n) is 17.2. The monoisotopic (exact) mass is 418 g/mol. The highest BCUT2D eigenvalue weighted by Gasteiger charge is 2.24. The van der Waals surface area contributed by atoms with Crippen LogP contribution in [0.2, 0.25) is 0 Å². The molecule has 4 rings (SSSR count). The van der Waals surface area contributed by atoms with Crippen LogP contribution in [0.25, 0.3) is 11.3 Å². The molecule has 0 fully saturated rings. The molecule has 0 N–H and O–H groups in total. The molecule has 7 heteroatoms. The smallest absolute Gasteiger partial charge is 0.189 e. The van der Waals surface area contributed by atoms with Crippen molar-refractivity contribution in [2.75, 3.05) is 31.9 Å². The van der Waals surface area contributed by atoms with Crippen LogP contribution in [0.3, 0.4) is 0 Å². The van der Waals surface area contributed by atoms with Crippen molar-refractivity contribution in [1.29, 1.82) is 5.26 Å². The molecule has 0 amide bonds. The van der Waals surface area contributed by atoms with Gasteiger partial charge in [0.05, 0.1) is 19.9 Å². The highest BCUT2D eigenvalue weighted by Crippen LogP contribution is 2.36. The lowest BCUT2D eigenvalue weighted by atomic mass is 9.99. The molecule has 0 spiro atoms. The summed E-state index contributed by atoms with van der Waals surface area (Å²) in [5.74, 6) is 1.90. The van der Waals surface area contributed by atoms with Crippen LogP contribution in [0.15, 0.2) is 47.6 Å². The van der Waals surface area contributed by atoms with Crippen molar-refractivity contribution in [3.05, 3.63) is 59.2 Å². The fourth-order valence-corrected chi connectivity index (χ4v) is 4.08. The molecule has 2 aromatic carbocycles. The van der Waals surface area contributed by atoms with E-state index >= 15 is 0 Å². The second-order valence-electron chi connectivity index (χ2n) is 6.88. The molecule has 2 heterocycles. The lowest BCUT2D eigenvalue weighted by molar-refractivity contribution is 0.355. The first-order valence-electron chi connectivity index (χ1n) is 9.58. The van der Waals surface area contributed by atoms with E-state index in [0.717, 1.165) is 25.1 Å². The first-order valence-corrected chi connectivity index (χ1v) is 10.8. The number of nitriles is 1. The van der Waals surface area contributed by atoms with Crippen molar-refractivity contribution in [2.24, 2.45) is 0 Å². The summed E-state index contributed by atoms with van der Waals surface area (Å²) in [5, 5.41) is 10.7. The molecule has 6 nitrogen and oxygen atoms in total. The van der Waals surface area contributed by atoms with Crippen LogP contribution in [-0.4, -0.2) is 37.0 Å². The maximum absolute atomic E-state index is 10.1. The Morgan fingerprint density at radius 3 is 2.50 bits per heavy atom. The number of fused-ring (bicyclic) bond motifs is 1. The molecule has 152 valence electrons. The predicted molar refractivity (Wildman–Crippen MR) is 118 cm³/mol. The van der Waals surface area contributed by atoms with E-state index in [0.29, 0.717) is 33.7 Å². The average Bonchev–Trinajstić information content (AvgIpc) is 2.82. The standard InChI is InChI=1S/C23H22N4O2S/c1-28-19-9-8-16(12-20(19)29-2)21-18(13-24)22(26-23(25-21)30-3)27-11-10-15-6-4-5-7-17(15)14-27/h4-9,12H,10-11,14H2,1-3H3. The van der Waals surface area contributed by atoms with Gasteiger partial charge in [0.1, 0.15) is 11.6 Å². The molecule has 30 heavy (non-hydrogen) atoms. The summed E-state index contributed by atoms with van der Waals surface area (Å²) in [5.41, 5.74) is 4.49. The molecular formula is C23H22N4O2S. The number of thioether (sulfide) groups is 1. The highest BCUT2D eigenvalue weighted by molar-refractivity contribution is 7.98. The van der Waals surface area contributed by atoms with Crippen molar-refractivity contribution >= 4 is 17.6 Å². The summed E-state index contributed by atoms with van der Waals surface area (Å²) in [6, 6.07) is 16.3. The second kappa shape index (κ2) is 8.64. The SMILES string of the molecule is COc1ccc(-c2nc(SC)nc(N3CCc4ccccc4C3)c2C#N)cc1OC. The average molecular weight is 419 g/mol. The minimum Gasteiger partial charge on any atom is -0.493 e. The van der Waals surface area contributed by atoms with E-state index < -0.39 is 0 Å². The lowest BCUT2D eigenvalue weighted by Crippen LogP contribution is -2.32. The third kappa shape index (κ3) is 3.66. The molecule has 0 bridgehead atoms. The number of ether oxygens (including phenoxy) is 2. The Morgan fingerprint density at radius 1 is 1.03 bits per heavy atom. The highest BCUT2D eigenvalue weighted by atomic mass is 32.2. The van der Waals surface area contributed by atoms with Gasteiger partial charge in [-0.15, -0.1) is 0 Å². The fourth-order valence-electron chi connectivity index (χ4n) is 3.72. The molecule has 0 aliphatic carbocycles. The molecule has 0 radical (unpaired) electrons. The van der Waals surface area contributed by atoms with E-state index in [2.05, 4.69) is 40.2 Å². The quantitative estimate of drug-likeness (QED) is 0.451. The molecule has 0 atom stereocenters. The van der Waals surface area contributed by atoms with Crippen molar-refractivity contribution in [3.8, 4) is 28.8 Å². The third-order valence-electron chi connectivity index (χ3n) is 5.25. The zero-order chi connectivity index (χ0) is 21.1. The first kappa shape index (κ1) is 20.0. The van der Waals surface area contributed by atoms with Crippen LogP contribution in [-0.2, 0) is 13.0 Å². The Morgan fingerprint density at radius 2 is 1.80 bits per heavy atom. The third-order valence-corrected chi connectivity index (χ3v) is 5.80. The number of nitrogens with zero attached hydrogens (tertiary/aromatic N) is 4. The van der Waals surface area contributed by atoms with Crippen molar-refractivity contribution < 1.29 is 9.47 Å². The molecule has 3 aromatic rings. The fraction of sp³-hybridized carbons (Fsp3) is 0.261. The van der Waals surface area contributed by atoms with Gasteiger partial charge in [0.15, 0.2) is 22.5 Å². The lowest BCUT2D eigenvalue weighted by Gasteiger charge is -2.30. The number of aromatic nitrogens is 2. The van der Waals surface area contributed by atoms with Gasteiger partial charge < -0.3 is 14.4 Å². The van der Waals surface area contributed by atoms with Gasteiger partial charge in [-0.1, -0.05) is 36.0 Å². The van der Waals surface area contributed by atoms with Crippen LogP contribution >= 0.6 is 11.8 Å². The summed E-state index contributed by atoms with van der Waals surface area (Å²) in [6.45, 7) is 1.53. The predicted octanol–water partition coefficient (Wildman–Crippen LogP) is 4.32. The van der Waals surface area contributed by atoms with Crippen molar-refractivity contribution in [2.45, 2.75) is 18.1 Å². The van der Waals surface area contributed by atoms with Crippen LogP contribution < -0.4 is 14.4 Å². The largest absolute Gasteiger partial charge is 0.493 e. The van der Waals surface area contributed by atoms with Gasteiger partial charge in [-0.3, -0.25) is 0 Å². The minimum absolute atomic E-state index is 0.472. The van der Waals surface area contributed by atoms with Crippen LogP contribution in [0.4, 0.5) is 5.82 Å². The Kier molecular flexibility index (Phi) is 5.77. The van der Waals surface area contributed by atoms with E-state index in [1.54, 1.807) is 14.2 Å². The molecule has 1 aromatic heterocycles. The number of benzene rings is 2. The summed E-state index contributed by atoms with van der Waals surface area (Å²) >= 11 is 1.46. The minimum atomic E-state index is 0.472. The van der Waals surface area contributed by atoms with Gasteiger partial charge in [-0.25, -0.2) is 9.97 Å². The Labute approximate surface area is 180 Å². The number of hydrogen-bond acceptors (Lipinski definition) is 7. The van der Waals surface area contributed by atoms with Gasteiger partial charge in [0.25, 0.3) is 0 Å². The normalized spacial score (nSPS) is 12.8. The van der Waals surface area contributed by atoms with Crippen LogP contribution in [0.1, 0.15) is 16.7 Å². The molecule has 1 aliphatic heterocycles. The van der Waals surface area contributed by atoms with E-state index in [1.807, 2.05) is 24.5 Å². The van der Waals surface area contributed by atoms with E-state index in [-0.39, 0.29) is 0 Å². The summed E-state index contributed by atoms with van der Waals surface area (Å²) in [7, 11) is 3.19. The second-order valence-corrected chi connectivity index (χ2v) is 7.65. The van der Waals surface area contributed by atoms with Gasteiger partial charge in [0.2, 0.25) is 0 Å². The van der Waals surface area contributed by atoms with Gasteiger partial charge >= 0.3 is 0 Å². The van der Waals surface area contributed by atoms with Gasteiger partial charge in [0, 0.05) is 18.7 Å². The zero-order valence-corrected chi connectivity index (χ0v) is 18.0. The van der Waals surface area contributed by atoms with E-state index in [9.17, 15) is 5.26 Å². The van der Waals surface area contributed by atoms with Crippen molar-refractivity contribution in [1.82, 2.24) is 9.97 Å². The van der Waals surface area contributed by atoms with Crippen LogP contribution in [0, 0.1) is 11.3 Å². The topological polar surface area (TPSA) is 71.3 Å². The molecule has 1 aliphatic rings. The van der Waals surface area contributed by atoms with Gasteiger partial charge in [-0.2, -0.15) is 5.26 Å². The van der Waals surface area contributed by atoms with Crippen LogP contribution in [0.5, 0.6) is 11.5 Å². The molecule has 0 unspecified atom stereocenters. The number of hydrogen-bond donors (Lipinski definition) is 0. The summed E-state index contributed by atoms with van der Waals surface area (Å²) in [6.07, 6.45) is 2.86. The summed E-state index contributed by atoms with van der Waals surface area (Å²) < 4.78 is 10.8. The Hall–Kier alpha value is -3.24. The maximum atomic E-state index is 10.1. The number of anilines is 1. The number of rotatable bonds is 5.